The van der Waals surface area contributed by atoms with E-state index in [-0.39, 0.29) is 24.5 Å². The summed E-state index contributed by atoms with van der Waals surface area (Å²) in [6.07, 6.45) is 5.85. The Balaban J connectivity index is 1.23. The van der Waals surface area contributed by atoms with E-state index in [0.717, 1.165) is 25.9 Å². The van der Waals surface area contributed by atoms with Crippen molar-refractivity contribution in [3.8, 4) is 11.5 Å². The third-order valence-electron chi connectivity index (χ3n) is 7.69. The highest BCUT2D eigenvalue weighted by molar-refractivity contribution is 5.91. The van der Waals surface area contributed by atoms with Gasteiger partial charge in [0.2, 0.25) is 5.60 Å². The first-order valence-electron chi connectivity index (χ1n) is 12.2. The number of anilines is 1. The van der Waals surface area contributed by atoms with E-state index >= 15 is 0 Å². The molecule has 7 rings (SSSR count). The van der Waals surface area contributed by atoms with Crippen LogP contribution in [-0.2, 0) is 19.9 Å². The van der Waals surface area contributed by atoms with Gasteiger partial charge in [0.05, 0.1) is 31.2 Å². The summed E-state index contributed by atoms with van der Waals surface area (Å²) in [5.74, 6) is 0.215. The first kappa shape index (κ1) is 22.6. The molecule has 3 aromatic rings. The summed E-state index contributed by atoms with van der Waals surface area (Å²) >= 11 is 0. The molecule has 0 radical (unpaired) electrons. The summed E-state index contributed by atoms with van der Waals surface area (Å²) in [6.45, 7) is 2.51. The highest BCUT2D eigenvalue weighted by atomic mass is 16.6. The number of nitrogens with zero attached hydrogens (tertiary/aromatic N) is 3. The van der Waals surface area contributed by atoms with Crippen molar-refractivity contribution >= 4 is 17.6 Å². The number of fused-ring (bicyclic) bond motifs is 5. The molecule has 1 aromatic heterocycles. The fourth-order valence-electron chi connectivity index (χ4n) is 5.86. The number of aromatic nitrogens is 2. The van der Waals surface area contributed by atoms with E-state index in [4.69, 9.17) is 9.47 Å². The highest BCUT2D eigenvalue weighted by Gasteiger charge is 2.53. The Labute approximate surface area is 208 Å². The molecule has 2 N–H and O–H groups in total. The lowest BCUT2D eigenvalue weighted by atomic mass is 9.81. The van der Waals surface area contributed by atoms with Gasteiger partial charge in [-0.15, -0.1) is 0 Å². The molecule has 2 aromatic carbocycles. The smallest absolute Gasteiger partial charge is 0.348 e. The Kier molecular flexibility index (Phi) is 5.46. The zero-order valence-corrected chi connectivity index (χ0v) is 19.7. The fraction of sp³-hybridized carbons (Fsp3) is 0.333. The molecule has 0 saturated carbocycles. The molecule has 0 unspecified atom stereocenters. The summed E-state index contributed by atoms with van der Waals surface area (Å²) in [7, 11) is 0. The Morgan fingerprint density at radius 3 is 2.28 bits per heavy atom. The lowest BCUT2D eigenvalue weighted by Crippen LogP contribution is -2.66. The van der Waals surface area contributed by atoms with Gasteiger partial charge >= 0.3 is 5.97 Å². The number of nitrogens with one attached hydrogen (secondary N) is 1. The largest absolute Gasteiger partial charge is 0.457 e. The quantitative estimate of drug-likeness (QED) is 0.420. The zero-order valence-electron chi connectivity index (χ0n) is 19.7. The number of carbonyl (C=O) groups is 2. The van der Waals surface area contributed by atoms with Crippen LogP contribution in [0, 0.1) is 5.92 Å². The number of ether oxygens (including phenoxy) is 2. The summed E-state index contributed by atoms with van der Waals surface area (Å²) in [5, 5.41) is 14.7. The molecule has 9 heteroatoms. The van der Waals surface area contributed by atoms with E-state index in [9.17, 15) is 14.7 Å². The van der Waals surface area contributed by atoms with Gasteiger partial charge in [0.1, 0.15) is 24.4 Å². The van der Waals surface area contributed by atoms with Crippen molar-refractivity contribution in [1.82, 2.24) is 9.97 Å². The maximum atomic E-state index is 13.7. The predicted octanol–water partition coefficient (Wildman–Crippen LogP) is 2.61. The second kappa shape index (κ2) is 8.69. The molecule has 1 atom stereocenters. The van der Waals surface area contributed by atoms with Gasteiger partial charge < -0.3 is 24.4 Å². The van der Waals surface area contributed by atoms with Crippen molar-refractivity contribution in [2.24, 2.45) is 5.92 Å². The summed E-state index contributed by atoms with van der Waals surface area (Å²) < 4.78 is 12.6. The minimum Gasteiger partial charge on any atom is -0.457 e. The second-order valence-corrected chi connectivity index (χ2v) is 9.89. The molecule has 184 valence electrons. The van der Waals surface area contributed by atoms with Crippen LogP contribution in [0.1, 0.15) is 24.0 Å². The van der Waals surface area contributed by atoms with Gasteiger partial charge in [0.15, 0.2) is 12.6 Å². The molecule has 4 aliphatic heterocycles. The molecule has 4 aliphatic rings. The number of piperidine rings is 3. The number of aliphatic hydroxyl groups is 1. The van der Waals surface area contributed by atoms with Gasteiger partial charge in [-0.25, -0.2) is 14.8 Å². The first-order valence-corrected chi connectivity index (χ1v) is 12.2. The Bertz CT molecular complexity index is 1260. The van der Waals surface area contributed by atoms with Crippen molar-refractivity contribution < 1.29 is 28.7 Å². The molecule has 9 nitrogen and oxygen atoms in total. The maximum Gasteiger partial charge on any atom is 0.348 e. The lowest BCUT2D eigenvalue weighted by Gasteiger charge is -2.51. The van der Waals surface area contributed by atoms with E-state index < -0.39 is 11.6 Å². The van der Waals surface area contributed by atoms with Crippen molar-refractivity contribution in [2.45, 2.75) is 24.5 Å². The average molecular weight is 488 g/mol. The molecule has 1 amide bonds. The third kappa shape index (κ3) is 3.81. The average Bonchev–Trinajstić information content (AvgIpc) is 2.90. The molecular formula is C27H27N4O5+. The van der Waals surface area contributed by atoms with Gasteiger partial charge in [-0.1, -0.05) is 36.4 Å². The Hall–Kier alpha value is -3.82. The molecule has 0 aliphatic carbocycles. The van der Waals surface area contributed by atoms with Gasteiger partial charge in [-0.3, -0.25) is 4.79 Å². The minimum atomic E-state index is -1.98. The molecule has 3 saturated heterocycles. The maximum absolute atomic E-state index is 13.7. The number of amides is 1. The molecule has 3 fully saturated rings. The third-order valence-corrected chi connectivity index (χ3v) is 7.69. The van der Waals surface area contributed by atoms with Crippen LogP contribution in [0.25, 0.3) is 0 Å². The number of rotatable bonds is 5. The highest BCUT2D eigenvalue weighted by Crippen LogP contribution is 2.48. The number of quaternary nitrogens is 1. The number of esters is 1. The van der Waals surface area contributed by atoms with Crippen LogP contribution in [-0.4, -0.2) is 63.7 Å². The van der Waals surface area contributed by atoms with E-state index in [1.54, 1.807) is 60.9 Å². The zero-order chi connectivity index (χ0) is 24.8. The number of hydrogen-bond donors (Lipinski definition) is 2. The fourth-order valence-corrected chi connectivity index (χ4v) is 5.86. The molecule has 5 heterocycles. The number of benzene rings is 2. The van der Waals surface area contributed by atoms with Crippen LogP contribution in [0.4, 0.5) is 5.69 Å². The summed E-state index contributed by atoms with van der Waals surface area (Å²) in [6, 6.07) is 14.0. The summed E-state index contributed by atoms with van der Waals surface area (Å²) in [4.78, 5) is 34.4. The SMILES string of the molecule is O=C(C[N+]12CCC(CC1)[C@@H](OC(=O)C1(O)c3ccccc3Oc3ccccc31)C2)Nc1cncnc1. The molecule has 0 spiro atoms. The standard InChI is InChI=1S/C27H26N4O5/c32-25(30-19-13-28-17-29-14-19)16-31-11-9-18(10-12-31)24(15-31)36-26(33)27(34)20-5-1-3-7-22(20)35-23-8-4-2-6-21(23)27/h1-8,13-14,17-18,24,34H,9-12,15-16H2/p+1/t18?,24-,31?/m0/s1. The van der Waals surface area contributed by atoms with Crippen molar-refractivity contribution in [3.05, 3.63) is 78.4 Å². The van der Waals surface area contributed by atoms with Crippen molar-refractivity contribution in [2.75, 3.05) is 31.5 Å². The monoisotopic (exact) mass is 487 g/mol. The molecular weight excluding hydrogens is 460 g/mol. The minimum absolute atomic E-state index is 0.124. The van der Waals surface area contributed by atoms with Crippen molar-refractivity contribution in [1.29, 1.82) is 0 Å². The second-order valence-electron chi connectivity index (χ2n) is 9.89. The van der Waals surface area contributed by atoms with Gasteiger partial charge in [0.25, 0.3) is 5.91 Å². The summed E-state index contributed by atoms with van der Waals surface area (Å²) in [5.41, 5.74) is -0.700. The number of carbonyl (C=O) groups excluding carboxylic acids is 2. The normalized spacial score (nSPS) is 25.1. The van der Waals surface area contributed by atoms with Crippen LogP contribution >= 0.6 is 0 Å². The van der Waals surface area contributed by atoms with Crippen LogP contribution in [0.15, 0.2) is 67.3 Å². The van der Waals surface area contributed by atoms with Gasteiger partial charge in [0, 0.05) is 29.9 Å². The number of para-hydroxylation sites is 2. The van der Waals surface area contributed by atoms with E-state index in [2.05, 4.69) is 15.3 Å². The first-order chi connectivity index (χ1) is 17.5. The van der Waals surface area contributed by atoms with Crippen LogP contribution < -0.4 is 10.1 Å². The topological polar surface area (TPSA) is 111 Å². The predicted molar refractivity (Wildman–Crippen MR) is 129 cm³/mol. The molecule has 2 bridgehead atoms. The lowest BCUT2D eigenvalue weighted by molar-refractivity contribution is -0.939. The van der Waals surface area contributed by atoms with Crippen LogP contribution in [0.3, 0.4) is 0 Å². The van der Waals surface area contributed by atoms with Crippen LogP contribution in [0.2, 0.25) is 0 Å². The van der Waals surface area contributed by atoms with Gasteiger partial charge in [-0.2, -0.15) is 0 Å². The Morgan fingerprint density at radius 1 is 1.03 bits per heavy atom. The van der Waals surface area contributed by atoms with E-state index in [0.29, 0.717) is 39.3 Å². The Morgan fingerprint density at radius 2 is 1.64 bits per heavy atom. The number of hydrogen-bond acceptors (Lipinski definition) is 7. The van der Waals surface area contributed by atoms with Crippen LogP contribution in [0.5, 0.6) is 11.5 Å². The molecule has 36 heavy (non-hydrogen) atoms. The van der Waals surface area contributed by atoms with Crippen molar-refractivity contribution in [3.63, 3.8) is 0 Å². The van der Waals surface area contributed by atoms with E-state index in [1.165, 1.54) is 6.33 Å². The van der Waals surface area contributed by atoms with Gasteiger partial charge in [-0.05, 0) is 12.1 Å². The van der Waals surface area contributed by atoms with E-state index in [1.807, 2.05) is 0 Å².